The van der Waals surface area contributed by atoms with Crippen molar-refractivity contribution in [3.63, 3.8) is 0 Å². The molecule has 0 spiro atoms. The molecular formula is C17H24N2S. The molecule has 2 aromatic rings. The molecule has 0 amide bonds. The Kier molecular flexibility index (Phi) is 4.61. The molecule has 0 saturated heterocycles. The summed E-state index contributed by atoms with van der Waals surface area (Å²) in [6.07, 6.45) is 0. The topological polar surface area (TPSA) is 24.9 Å². The second-order valence-corrected chi connectivity index (χ2v) is 7.27. The summed E-state index contributed by atoms with van der Waals surface area (Å²) in [5.74, 6) is 0. The number of aryl methyl sites for hydroxylation is 1. The molecule has 2 rings (SSSR count). The van der Waals surface area contributed by atoms with Crippen LogP contribution in [0.4, 0.5) is 0 Å². The highest BCUT2D eigenvalue weighted by atomic mass is 32.1. The summed E-state index contributed by atoms with van der Waals surface area (Å²) in [4.78, 5) is 5.61. The minimum absolute atomic E-state index is 0.217. The summed E-state index contributed by atoms with van der Waals surface area (Å²) in [5.41, 5.74) is 5.98. The third kappa shape index (κ3) is 3.68. The molecular weight excluding hydrogens is 264 g/mol. The maximum Gasteiger partial charge on any atom is 0.0798 e. The van der Waals surface area contributed by atoms with Gasteiger partial charge in [0.1, 0.15) is 0 Å². The van der Waals surface area contributed by atoms with Crippen molar-refractivity contribution in [1.29, 1.82) is 0 Å². The Balaban J connectivity index is 1.99. The molecule has 1 heterocycles. The quantitative estimate of drug-likeness (QED) is 0.889. The molecule has 0 radical (unpaired) electrons. The fourth-order valence-electron chi connectivity index (χ4n) is 2.13. The van der Waals surface area contributed by atoms with Gasteiger partial charge >= 0.3 is 0 Å². The molecule has 0 fully saturated rings. The van der Waals surface area contributed by atoms with Crippen LogP contribution in [0.15, 0.2) is 29.8 Å². The van der Waals surface area contributed by atoms with Crippen molar-refractivity contribution in [2.45, 2.75) is 52.6 Å². The summed E-state index contributed by atoms with van der Waals surface area (Å²) < 4.78 is 0. The van der Waals surface area contributed by atoms with Crippen LogP contribution in [-0.4, -0.2) is 4.98 Å². The first-order valence-corrected chi connectivity index (χ1v) is 7.98. The van der Waals surface area contributed by atoms with E-state index in [1.54, 1.807) is 11.3 Å². The summed E-state index contributed by atoms with van der Waals surface area (Å²) in [5, 5.41) is 3.57. The number of aromatic nitrogens is 1. The van der Waals surface area contributed by atoms with E-state index in [1.165, 1.54) is 16.0 Å². The van der Waals surface area contributed by atoms with Crippen LogP contribution in [0.1, 0.15) is 55.4 Å². The van der Waals surface area contributed by atoms with Gasteiger partial charge in [-0.15, -0.1) is 11.3 Å². The van der Waals surface area contributed by atoms with E-state index in [1.807, 2.05) is 5.51 Å². The fourth-order valence-corrected chi connectivity index (χ4v) is 2.86. The Morgan fingerprint density at radius 2 is 1.85 bits per heavy atom. The lowest BCUT2D eigenvalue weighted by molar-refractivity contribution is 0.571. The predicted octanol–water partition coefficient (Wildman–Crippen LogP) is 4.60. The van der Waals surface area contributed by atoms with Gasteiger partial charge in [0.25, 0.3) is 0 Å². The van der Waals surface area contributed by atoms with Gasteiger partial charge < -0.3 is 5.32 Å². The van der Waals surface area contributed by atoms with Crippen molar-refractivity contribution in [3.05, 3.63) is 51.5 Å². The number of nitrogens with one attached hydrogen (secondary N) is 1. The average molecular weight is 288 g/mol. The van der Waals surface area contributed by atoms with Gasteiger partial charge in [-0.3, -0.25) is 0 Å². The van der Waals surface area contributed by atoms with E-state index < -0.39 is 0 Å². The van der Waals surface area contributed by atoms with Gasteiger partial charge in [0, 0.05) is 17.5 Å². The third-order valence-electron chi connectivity index (χ3n) is 3.69. The van der Waals surface area contributed by atoms with E-state index in [-0.39, 0.29) is 5.41 Å². The molecule has 3 heteroatoms. The van der Waals surface area contributed by atoms with Gasteiger partial charge in [0.05, 0.1) is 11.2 Å². The van der Waals surface area contributed by atoms with Crippen LogP contribution >= 0.6 is 11.3 Å². The zero-order valence-electron chi connectivity index (χ0n) is 13.0. The number of thiazole rings is 1. The maximum absolute atomic E-state index is 4.28. The lowest BCUT2D eigenvalue weighted by Crippen LogP contribution is -2.18. The predicted molar refractivity (Wildman–Crippen MR) is 87.2 cm³/mol. The number of rotatable bonds is 4. The third-order valence-corrected chi connectivity index (χ3v) is 4.63. The summed E-state index contributed by atoms with van der Waals surface area (Å²) in [6, 6.07) is 9.30. The van der Waals surface area contributed by atoms with Crippen molar-refractivity contribution < 1.29 is 0 Å². The Hall–Kier alpha value is -1.19. The van der Waals surface area contributed by atoms with Crippen LogP contribution in [-0.2, 0) is 12.0 Å². The van der Waals surface area contributed by atoms with Crippen LogP contribution in [0, 0.1) is 6.92 Å². The van der Waals surface area contributed by atoms with Gasteiger partial charge in [-0.1, -0.05) is 45.0 Å². The van der Waals surface area contributed by atoms with E-state index in [2.05, 4.69) is 69.2 Å². The van der Waals surface area contributed by atoms with Gasteiger partial charge in [-0.05, 0) is 30.4 Å². The molecule has 0 aliphatic heterocycles. The zero-order chi connectivity index (χ0) is 14.8. The SMILES string of the molecule is Cc1ncsc1CNC(C)c1ccc(C(C)(C)C)cc1. The first kappa shape index (κ1) is 15.2. The number of hydrogen-bond acceptors (Lipinski definition) is 3. The molecule has 1 aromatic heterocycles. The molecule has 0 aliphatic rings. The van der Waals surface area contributed by atoms with Crippen LogP contribution in [0.25, 0.3) is 0 Å². The smallest absolute Gasteiger partial charge is 0.0798 e. The van der Waals surface area contributed by atoms with Crippen molar-refractivity contribution in [2.24, 2.45) is 0 Å². The highest BCUT2D eigenvalue weighted by Crippen LogP contribution is 2.24. The van der Waals surface area contributed by atoms with E-state index in [9.17, 15) is 0 Å². The van der Waals surface area contributed by atoms with Crippen molar-refractivity contribution in [2.75, 3.05) is 0 Å². The molecule has 1 atom stereocenters. The number of nitrogens with zero attached hydrogens (tertiary/aromatic N) is 1. The highest BCUT2D eigenvalue weighted by Gasteiger charge is 2.14. The largest absolute Gasteiger partial charge is 0.305 e. The van der Waals surface area contributed by atoms with Crippen LogP contribution in [0.5, 0.6) is 0 Å². The van der Waals surface area contributed by atoms with Crippen molar-refractivity contribution in [1.82, 2.24) is 10.3 Å². The second kappa shape index (κ2) is 6.06. The average Bonchev–Trinajstić information content (AvgIpc) is 2.81. The van der Waals surface area contributed by atoms with Gasteiger partial charge in [0.15, 0.2) is 0 Å². The van der Waals surface area contributed by atoms with Gasteiger partial charge in [0.2, 0.25) is 0 Å². The number of hydrogen-bond donors (Lipinski definition) is 1. The Labute approximate surface area is 126 Å². The summed E-state index contributed by atoms with van der Waals surface area (Å²) >= 11 is 1.72. The first-order valence-electron chi connectivity index (χ1n) is 7.10. The molecule has 108 valence electrons. The minimum Gasteiger partial charge on any atom is -0.305 e. The lowest BCUT2D eigenvalue weighted by atomic mass is 9.86. The molecule has 0 aliphatic carbocycles. The molecule has 2 nitrogen and oxygen atoms in total. The Bertz CT molecular complexity index is 549. The Morgan fingerprint density at radius 3 is 2.35 bits per heavy atom. The van der Waals surface area contributed by atoms with Crippen LogP contribution in [0.2, 0.25) is 0 Å². The first-order chi connectivity index (χ1) is 9.38. The monoisotopic (exact) mass is 288 g/mol. The zero-order valence-corrected chi connectivity index (χ0v) is 13.8. The van der Waals surface area contributed by atoms with E-state index in [0.717, 1.165) is 12.2 Å². The highest BCUT2D eigenvalue weighted by molar-refractivity contribution is 7.09. The Morgan fingerprint density at radius 1 is 1.20 bits per heavy atom. The van der Waals surface area contributed by atoms with Gasteiger partial charge in [-0.25, -0.2) is 4.98 Å². The summed E-state index contributed by atoms with van der Waals surface area (Å²) in [7, 11) is 0. The molecule has 0 saturated carbocycles. The van der Waals surface area contributed by atoms with Crippen molar-refractivity contribution in [3.8, 4) is 0 Å². The standard InChI is InChI=1S/C17H24N2S/c1-12(18-10-16-13(2)19-11-20-16)14-6-8-15(9-7-14)17(3,4)5/h6-9,11-12,18H,10H2,1-5H3. The minimum atomic E-state index is 0.217. The molecule has 1 N–H and O–H groups in total. The van der Waals surface area contributed by atoms with E-state index in [0.29, 0.717) is 6.04 Å². The van der Waals surface area contributed by atoms with Gasteiger partial charge in [-0.2, -0.15) is 0 Å². The second-order valence-electron chi connectivity index (χ2n) is 6.34. The normalized spacial score (nSPS) is 13.4. The number of benzene rings is 1. The lowest BCUT2D eigenvalue weighted by Gasteiger charge is -2.20. The maximum atomic E-state index is 4.28. The molecule has 1 aromatic carbocycles. The van der Waals surface area contributed by atoms with Crippen molar-refractivity contribution >= 4 is 11.3 Å². The molecule has 20 heavy (non-hydrogen) atoms. The fraction of sp³-hybridized carbons (Fsp3) is 0.471. The van der Waals surface area contributed by atoms with Crippen LogP contribution < -0.4 is 5.32 Å². The molecule has 0 bridgehead atoms. The van der Waals surface area contributed by atoms with E-state index >= 15 is 0 Å². The summed E-state index contributed by atoms with van der Waals surface area (Å²) in [6.45, 7) is 11.9. The van der Waals surface area contributed by atoms with Crippen LogP contribution in [0.3, 0.4) is 0 Å². The van der Waals surface area contributed by atoms with E-state index in [4.69, 9.17) is 0 Å². The molecule has 1 unspecified atom stereocenters.